The second-order valence-corrected chi connectivity index (χ2v) is 6.54. The molecule has 3 rings (SSSR count). The lowest BCUT2D eigenvalue weighted by atomic mass is 10.1. The van der Waals surface area contributed by atoms with Gasteiger partial charge in [-0.2, -0.15) is 0 Å². The molecule has 0 bridgehead atoms. The van der Waals surface area contributed by atoms with Crippen LogP contribution in [0.25, 0.3) is 0 Å². The molecule has 1 unspecified atom stereocenters. The molecule has 1 amide bonds. The molecule has 2 aliphatic heterocycles. The molecule has 3 nitrogen and oxygen atoms in total. The highest BCUT2D eigenvalue weighted by molar-refractivity contribution is 6.31. The molecule has 1 aromatic rings. The number of carbonyl (C=O) groups excluding carboxylic acids is 1. The molecule has 0 saturated carbocycles. The Labute approximate surface area is 131 Å². The van der Waals surface area contributed by atoms with Gasteiger partial charge < -0.3 is 9.80 Å². The minimum Gasteiger partial charge on any atom is -0.338 e. The number of nitrogens with zero attached hydrogens (tertiary/aromatic N) is 2. The normalized spacial score (nSPS) is 24.3. The highest BCUT2D eigenvalue weighted by Crippen LogP contribution is 2.24. The maximum absolute atomic E-state index is 12.4. The molecule has 1 atom stereocenters. The molecule has 2 aliphatic rings. The van der Waals surface area contributed by atoms with Crippen molar-refractivity contribution in [2.75, 3.05) is 19.6 Å². The van der Waals surface area contributed by atoms with E-state index in [0.717, 1.165) is 30.0 Å². The van der Waals surface area contributed by atoms with Gasteiger partial charge in [0, 0.05) is 30.6 Å². The van der Waals surface area contributed by atoms with Gasteiger partial charge in [0.15, 0.2) is 0 Å². The van der Waals surface area contributed by atoms with Gasteiger partial charge in [0.1, 0.15) is 0 Å². The summed E-state index contributed by atoms with van der Waals surface area (Å²) in [6, 6.07) is 8.41. The summed E-state index contributed by atoms with van der Waals surface area (Å²) in [5.41, 5.74) is 1.05. The second-order valence-electron chi connectivity index (χ2n) is 6.13. The minimum atomic E-state index is 0.275. The van der Waals surface area contributed by atoms with Crippen molar-refractivity contribution >= 4 is 17.5 Å². The van der Waals surface area contributed by atoms with Crippen molar-refractivity contribution in [2.24, 2.45) is 0 Å². The van der Waals surface area contributed by atoms with E-state index in [9.17, 15) is 4.79 Å². The van der Waals surface area contributed by atoms with Crippen LogP contribution in [-0.2, 0) is 11.3 Å². The van der Waals surface area contributed by atoms with Crippen molar-refractivity contribution in [1.82, 2.24) is 9.80 Å². The van der Waals surface area contributed by atoms with Gasteiger partial charge in [-0.15, -0.1) is 0 Å². The first kappa shape index (κ1) is 14.9. The maximum Gasteiger partial charge on any atom is 0.222 e. The molecular formula is C17H23ClN2O. The zero-order chi connectivity index (χ0) is 14.7. The van der Waals surface area contributed by atoms with Crippen LogP contribution in [0.2, 0.25) is 5.02 Å². The summed E-state index contributed by atoms with van der Waals surface area (Å²) in [4.78, 5) is 16.9. The number of likely N-dealkylation sites (tertiary alicyclic amines) is 2. The third kappa shape index (κ3) is 3.58. The molecule has 1 aromatic carbocycles. The van der Waals surface area contributed by atoms with Gasteiger partial charge in [-0.05, 0) is 50.4 Å². The van der Waals surface area contributed by atoms with E-state index in [1.165, 1.54) is 25.9 Å². The summed E-state index contributed by atoms with van der Waals surface area (Å²) < 4.78 is 0. The van der Waals surface area contributed by atoms with E-state index in [1.807, 2.05) is 29.2 Å². The van der Waals surface area contributed by atoms with Gasteiger partial charge in [-0.25, -0.2) is 0 Å². The molecule has 0 N–H and O–H groups in total. The lowest BCUT2D eigenvalue weighted by Gasteiger charge is -2.26. The number of hydrogen-bond acceptors (Lipinski definition) is 2. The molecule has 2 fully saturated rings. The smallest absolute Gasteiger partial charge is 0.222 e. The highest BCUT2D eigenvalue weighted by Gasteiger charge is 2.27. The van der Waals surface area contributed by atoms with Crippen molar-refractivity contribution < 1.29 is 4.79 Å². The van der Waals surface area contributed by atoms with Gasteiger partial charge in [0.05, 0.1) is 0 Å². The molecule has 0 aromatic heterocycles. The summed E-state index contributed by atoms with van der Waals surface area (Å²) in [6.07, 6.45) is 5.40. The van der Waals surface area contributed by atoms with Crippen LogP contribution >= 0.6 is 11.6 Å². The second kappa shape index (κ2) is 6.80. The first-order valence-corrected chi connectivity index (χ1v) is 8.37. The highest BCUT2D eigenvalue weighted by atomic mass is 35.5. The van der Waals surface area contributed by atoms with Crippen LogP contribution in [0.3, 0.4) is 0 Å². The Morgan fingerprint density at radius 3 is 2.62 bits per heavy atom. The van der Waals surface area contributed by atoms with E-state index < -0.39 is 0 Å². The number of rotatable bonds is 3. The van der Waals surface area contributed by atoms with E-state index >= 15 is 0 Å². The summed E-state index contributed by atoms with van der Waals surface area (Å²) in [5, 5.41) is 0.755. The van der Waals surface area contributed by atoms with E-state index in [2.05, 4.69) is 4.90 Å². The first-order valence-electron chi connectivity index (χ1n) is 7.99. The van der Waals surface area contributed by atoms with Gasteiger partial charge in [-0.1, -0.05) is 29.8 Å². The van der Waals surface area contributed by atoms with E-state index in [1.54, 1.807) is 0 Å². The van der Waals surface area contributed by atoms with Crippen LogP contribution in [0.15, 0.2) is 24.3 Å². The van der Waals surface area contributed by atoms with Crippen LogP contribution in [-0.4, -0.2) is 41.4 Å². The first-order chi connectivity index (χ1) is 10.2. The molecule has 21 heavy (non-hydrogen) atoms. The fourth-order valence-electron chi connectivity index (χ4n) is 3.49. The summed E-state index contributed by atoms with van der Waals surface area (Å²) >= 11 is 6.22. The Balaban J connectivity index is 1.64. The average molecular weight is 307 g/mol. The zero-order valence-corrected chi connectivity index (χ0v) is 13.2. The number of hydrogen-bond donors (Lipinski definition) is 0. The van der Waals surface area contributed by atoms with Crippen LogP contribution in [0.4, 0.5) is 0 Å². The van der Waals surface area contributed by atoms with Gasteiger partial charge in [0.2, 0.25) is 5.91 Å². The van der Waals surface area contributed by atoms with Crippen molar-refractivity contribution in [3.63, 3.8) is 0 Å². The Bertz CT molecular complexity index is 499. The molecule has 2 saturated heterocycles. The number of carbonyl (C=O) groups is 1. The topological polar surface area (TPSA) is 23.6 Å². The number of amides is 1. The lowest BCUT2D eigenvalue weighted by molar-refractivity contribution is -0.131. The lowest BCUT2D eigenvalue weighted by Crippen LogP contribution is -2.34. The fraction of sp³-hybridized carbons (Fsp3) is 0.588. The third-order valence-electron chi connectivity index (χ3n) is 4.75. The number of benzene rings is 1. The third-order valence-corrected chi connectivity index (χ3v) is 5.12. The van der Waals surface area contributed by atoms with Crippen LogP contribution in [0.5, 0.6) is 0 Å². The van der Waals surface area contributed by atoms with Crippen molar-refractivity contribution in [3.05, 3.63) is 34.9 Å². The van der Waals surface area contributed by atoms with Crippen LogP contribution in [0.1, 0.15) is 37.7 Å². The zero-order valence-electron chi connectivity index (χ0n) is 12.4. The minimum absolute atomic E-state index is 0.275. The standard InChI is InChI=1S/C17H23ClN2O/c18-16-6-2-1-5-14(16)13-20-12-9-15(7-8-17(20)21)19-10-3-4-11-19/h1-2,5-6,15H,3-4,7-13H2. The Kier molecular flexibility index (Phi) is 4.81. The Morgan fingerprint density at radius 2 is 1.86 bits per heavy atom. The quantitative estimate of drug-likeness (QED) is 0.855. The summed E-state index contributed by atoms with van der Waals surface area (Å²) in [6.45, 7) is 3.92. The van der Waals surface area contributed by atoms with Crippen molar-refractivity contribution in [3.8, 4) is 0 Å². The van der Waals surface area contributed by atoms with E-state index in [-0.39, 0.29) is 5.91 Å². The molecular weight excluding hydrogens is 284 g/mol. The largest absolute Gasteiger partial charge is 0.338 e. The van der Waals surface area contributed by atoms with Crippen molar-refractivity contribution in [1.29, 1.82) is 0 Å². The van der Waals surface area contributed by atoms with Crippen molar-refractivity contribution in [2.45, 2.75) is 44.7 Å². The summed E-state index contributed by atoms with van der Waals surface area (Å²) in [5.74, 6) is 0.275. The molecule has 0 aliphatic carbocycles. The summed E-state index contributed by atoms with van der Waals surface area (Å²) in [7, 11) is 0. The maximum atomic E-state index is 12.4. The van der Waals surface area contributed by atoms with Gasteiger partial charge in [-0.3, -0.25) is 4.79 Å². The molecule has 4 heteroatoms. The number of halogens is 1. The van der Waals surface area contributed by atoms with Gasteiger partial charge >= 0.3 is 0 Å². The molecule has 114 valence electrons. The monoisotopic (exact) mass is 306 g/mol. The predicted molar refractivity (Wildman–Crippen MR) is 85.3 cm³/mol. The molecule has 0 radical (unpaired) electrons. The average Bonchev–Trinajstić information content (AvgIpc) is 2.95. The fourth-order valence-corrected chi connectivity index (χ4v) is 3.69. The van der Waals surface area contributed by atoms with Crippen LogP contribution in [0, 0.1) is 0 Å². The SMILES string of the molecule is O=C1CCC(N2CCCC2)CCN1Cc1ccccc1Cl. The molecule has 0 spiro atoms. The van der Waals surface area contributed by atoms with Crippen LogP contribution < -0.4 is 0 Å². The Hall–Kier alpha value is -1.06. The van der Waals surface area contributed by atoms with Gasteiger partial charge in [0.25, 0.3) is 0 Å². The molecule has 2 heterocycles. The Morgan fingerprint density at radius 1 is 1.10 bits per heavy atom. The van der Waals surface area contributed by atoms with E-state index in [0.29, 0.717) is 19.0 Å². The van der Waals surface area contributed by atoms with E-state index in [4.69, 9.17) is 11.6 Å². The predicted octanol–water partition coefficient (Wildman–Crippen LogP) is 3.32.